The van der Waals surface area contributed by atoms with Gasteiger partial charge in [-0.2, -0.15) is 10.1 Å². The molecule has 1 N–H and O–H groups in total. The first-order valence-electron chi connectivity index (χ1n) is 7.70. The van der Waals surface area contributed by atoms with Crippen LogP contribution in [0, 0.1) is 5.82 Å². The Bertz CT molecular complexity index is 861. The lowest BCUT2D eigenvalue weighted by Crippen LogP contribution is -2.31. The number of nitrogens with zero attached hydrogens (tertiary/aromatic N) is 5. The van der Waals surface area contributed by atoms with Crippen LogP contribution in [0.25, 0.3) is 5.69 Å². The van der Waals surface area contributed by atoms with Crippen molar-refractivity contribution in [3.8, 4) is 5.69 Å². The van der Waals surface area contributed by atoms with Crippen LogP contribution >= 0.6 is 0 Å². The van der Waals surface area contributed by atoms with Gasteiger partial charge < -0.3 is 14.7 Å². The van der Waals surface area contributed by atoms with E-state index in [0.717, 1.165) is 0 Å². The largest absolute Gasteiger partial charge is 0.337 e. The molecule has 130 valence electrons. The Morgan fingerprint density at radius 2 is 2.28 bits per heavy atom. The van der Waals surface area contributed by atoms with Crippen LogP contribution < -0.4 is 5.32 Å². The predicted molar refractivity (Wildman–Crippen MR) is 87.7 cm³/mol. The van der Waals surface area contributed by atoms with Crippen LogP contribution in [0.15, 0.2) is 41.2 Å². The van der Waals surface area contributed by atoms with Gasteiger partial charge in [0.1, 0.15) is 12.2 Å². The van der Waals surface area contributed by atoms with Gasteiger partial charge in [0.05, 0.1) is 0 Å². The molecule has 0 spiro atoms. The standard InChI is InChI=1S/C16H17FN6O2/c1-3-14-20-15(25-21-14)10-22(2)16(24)19-11-5-6-13(12(17)9-11)23-8-4-7-18-23/h4-9H,3,10H2,1-2H3,(H,19,24). The molecule has 0 radical (unpaired) electrons. The third-order valence-electron chi connectivity index (χ3n) is 3.50. The van der Waals surface area contributed by atoms with E-state index in [0.29, 0.717) is 29.5 Å². The Morgan fingerprint density at radius 3 is 2.92 bits per heavy atom. The summed E-state index contributed by atoms with van der Waals surface area (Å²) < 4.78 is 20.7. The number of hydrogen-bond donors (Lipinski definition) is 1. The van der Waals surface area contributed by atoms with Crippen LogP contribution in [0.2, 0.25) is 0 Å². The fourth-order valence-electron chi connectivity index (χ4n) is 2.17. The molecule has 0 fully saturated rings. The van der Waals surface area contributed by atoms with Gasteiger partial charge in [0.15, 0.2) is 11.6 Å². The van der Waals surface area contributed by atoms with E-state index in [-0.39, 0.29) is 6.54 Å². The Morgan fingerprint density at radius 1 is 1.44 bits per heavy atom. The molecule has 2 amide bonds. The van der Waals surface area contributed by atoms with Crippen LogP contribution in [0.4, 0.5) is 14.9 Å². The van der Waals surface area contributed by atoms with Crippen LogP contribution in [-0.4, -0.2) is 37.9 Å². The predicted octanol–water partition coefficient (Wildman–Crippen LogP) is 2.62. The fourth-order valence-corrected chi connectivity index (χ4v) is 2.17. The maximum Gasteiger partial charge on any atom is 0.322 e. The lowest BCUT2D eigenvalue weighted by Gasteiger charge is -2.16. The molecular formula is C16H17FN6O2. The van der Waals surface area contributed by atoms with Crippen molar-refractivity contribution in [2.24, 2.45) is 0 Å². The van der Waals surface area contributed by atoms with Crippen molar-refractivity contribution in [2.45, 2.75) is 19.9 Å². The minimum atomic E-state index is -0.492. The monoisotopic (exact) mass is 344 g/mol. The summed E-state index contributed by atoms with van der Waals surface area (Å²) in [7, 11) is 1.58. The van der Waals surface area contributed by atoms with Crippen molar-refractivity contribution in [3.05, 3.63) is 54.2 Å². The number of rotatable bonds is 5. The zero-order chi connectivity index (χ0) is 17.8. The normalized spacial score (nSPS) is 10.7. The van der Waals surface area contributed by atoms with E-state index in [4.69, 9.17) is 4.52 Å². The molecular weight excluding hydrogens is 327 g/mol. The summed E-state index contributed by atoms with van der Waals surface area (Å²) >= 11 is 0. The van der Waals surface area contributed by atoms with Crippen LogP contribution in [0.1, 0.15) is 18.6 Å². The van der Waals surface area contributed by atoms with E-state index in [1.807, 2.05) is 6.92 Å². The Labute approximate surface area is 143 Å². The van der Waals surface area contributed by atoms with E-state index in [1.165, 1.54) is 15.6 Å². The van der Waals surface area contributed by atoms with E-state index in [1.54, 1.807) is 37.6 Å². The molecule has 0 saturated heterocycles. The highest BCUT2D eigenvalue weighted by Crippen LogP contribution is 2.18. The first-order valence-corrected chi connectivity index (χ1v) is 7.70. The summed E-state index contributed by atoms with van der Waals surface area (Å²) in [5.74, 6) is 0.434. The Kier molecular flexibility index (Phi) is 4.73. The molecule has 9 heteroatoms. The van der Waals surface area contributed by atoms with E-state index >= 15 is 0 Å². The molecule has 3 aromatic rings. The molecule has 0 unspecified atom stereocenters. The maximum absolute atomic E-state index is 14.2. The number of nitrogens with one attached hydrogen (secondary N) is 1. The fraction of sp³-hybridized carbons (Fsp3) is 0.250. The molecule has 2 aromatic heterocycles. The van der Waals surface area contributed by atoms with Crippen LogP contribution in [0.3, 0.4) is 0 Å². The summed E-state index contributed by atoms with van der Waals surface area (Å²) in [6, 6.07) is 5.68. The van der Waals surface area contributed by atoms with Crippen molar-refractivity contribution >= 4 is 11.7 Å². The SMILES string of the molecule is CCc1noc(CN(C)C(=O)Nc2ccc(-n3cccn3)c(F)c2)n1. The third-order valence-corrected chi connectivity index (χ3v) is 3.50. The molecule has 8 nitrogen and oxygen atoms in total. The molecule has 0 aliphatic heterocycles. The second-order valence-electron chi connectivity index (χ2n) is 5.36. The van der Waals surface area contributed by atoms with Gasteiger partial charge in [-0.05, 0) is 24.3 Å². The van der Waals surface area contributed by atoms with Crippen LogP contribution in [0.5, 0.6) is 0 Å². The lowest BCUT2D eigenvalue weighted by atomic mass is 10.2. The zero-order valence-corrected chi connectivity index (χ0v) is 13.8. The average molecular weight is 344 g/mol. The highest BCUT2D eigenvalue weighted by atomic mass is 19.1. The highest BCUT2D eigenvalue weighted by molar-refractivity contribution is 5.89. The molecule has 0 saturated carbocycles. The molecule has 0 aliphatic carbocycles. The molecule has 2 heterocycles. The number of anilines is 1. The van der Waals surface area contributed by atoms with Gasteiger partial charge in [-0.25, -0.2) is 13.9 Å². The molecule has 25 heavy (non-hydrogen) atoms. The van der Waals surface area contributed by atoms with Gasteiger partial charge >= 0.3 is 6.03 Å². The minimum absolute atomic E-state index is 0.159. The maximum atomic E-state index is 14.2. The van der Waals surface area contributed by atoms with E-state index in [2.05, 4.69) is 20.6 Å². The summed E-state index contributed by atoms with van der Waals surface area (Å²) in [4.78, 5) is 17.7. The number of carbonyl (C=O) groups is 1. The number of halogens is 1. The van der Waals surface area contributed by atoms with Crippen molar-refractivity contribution in [3.63, 3.8) is 0 Å². The number of benzene rings is 1. The summed E-state index contributed by atoms with van der Waals surface area (Å²) in [5, 5.41) is 10.4. The van der Waals surface area contributed by atoms with Gasteiger partial charge in [0.2, 0.25) is 5.89 Å². The summed E-state index contributed by atoms with van der Waals surface area (Å²) in [5.41, 5.74) is 0.638. The topological polar surface area (TPSA) is 89.1 Å². The van der Waals surface area contributed by atoms with Crippen molar-refractivity contribution < 1.29 is 13.7 Å². The Hall–Kier alpha value is -3.23. The second-order valence-corrected chi connectivity index (χ2v) is 5.36. The van der Waals surface area contributed by atoms with Crippen molar-refractivity contribution in [1.29, 1.82) is 0 Å². The average Bonchev–Trinajstić information content (AvgIpc) is 3.26. The second kappa shape index (κ2) is 7.12. The first kappa shape index (κ1) is 16.6. The third kappa shape index (κ3) is 3.82. The van der Waals surface area contributed by atoms with Gasteiger partial charge in [0.25, 0.3) is 0 Å². The minimum Gasteiger partial charge on any atom is -0.337 e. The number of amides is 2. The van der Waals surface area contributed by atoms with E-state index in [9.17, 15) is 9.18 Å². The number of carbonyl (C=O) groups excluding carboxylic acids is 1. The first-order chi connectivity index (χ1) is 12.1. The highest BCUT2D eigenvalue weighted by Gasteiger charge is 2.14. The number of aromatic nitrogens is 4. The lowest BCUT2D eigenvalue weighted by molar-refractivity contribution is 0.213. The van der Waals surface area contributed by atoms with E-state index < -0.39 is 11.8 Å². The van der Waals surface area contributed by atoms with Gasteiger partial charge in [-0.3, -0.25) is 0 Å². The van der Waals surface area contributed by atoms with Gasteiger partial charge in [-0.1, -0.05) is 12.1 Å². The molecule has 0 aliphatic rings. The van der Waals surface area contributed by atoms with Crippen molar-refractivity contribution in [1.82, 2.24) is 24.8 Å². The van der Waals surface area contributed by atoms with Crippen LogP contribution in [-0.2, 0) is 13.0 Å². The van der Waals surface area contributed by atoms with Crippen molar-refractivity contribution in [2.75, 3.05) is 12.4 Å². The quantitative estimate of drug-likeness (QED) is 0.768. The summed E-state index contributed by atoms with van der Waals surface area (Å²) in [6.45, 7) is 2.07. The Balaban J connectivity index is 1.65. The smallest absolute Gasteiger partial charge is 0.322 e. The number of aryl methyl sites for hydroxylation is 1. The summed E-state index contributed by atoms with van der Waals surface area (Å²) in [6.07, 6.45) is 3.85. The number of hydrogen-bond acceptors (Lipinski definition) is 5. The molecule has 0 atom stereocenters. The van der Waals surface area contributed by atoms with Gasteiger partial charge in [-0.15, -0.1) is 0 Å². The van der Waals surface area contributed by atoms with Gasteiger partial charge in [0, 0.05) is 31.5 Å². The zero-order valence-electron chi connectivity index (χ0n) is 13.8. The molecule has 1 aromatic carbocycles. The number of urea groups is 1. The molecule has 3 rings (SSSR count). The molecule has 0 bridgehead atoms.